The van der Waals surface area contributed by atoms with E-state index in [0.29, 0.717) is 6.04 Å². The largest absolute Gasteiger partial charge is 0.313 e. The van der Waals surface area contributed by atoms with Crippen molar-refractivity contribution in [3.05, 3.63) is 42.2 Å². The van der Waals surface area contributed by atoms with Gasteiger partial charge in [-0.3, -0.25) is 4.98 Å². The Morgan fingerprint density at radius 1 is 1.05 bits per heavy atom. The highest BCUT2D eigenvalue weighted by Crippen LogP contribution is 2.27. The Labute approximate surface area is 129 Å². The molecule has 0 saturated carbocycles. The van der Waals surface area contributed by atoms with E-state index in [9.17, 15) is 0 Å². The van der Waals surface area contributed by atoms with Crippen LogP contribution in [0.1, 0.15) is 63.5 Å². The molecule has 1 N–H and O–H groups in total. The number of hydrogen-bond acceptors (Lipinski definition) is 2. The van der Waals surface area contributed by atoms with E-state index in [0.717, 1.165) is 0 Å². The average Bonchev–Trinajstić information content (AvgIpc) is 2.54. The van der Waals surface area contributed by atoms with Crippen molar-refractivity contribution in [2.75, 3.05) is 7.05 Å². The fourth-order valence-corrected chi connectivity index (χ4v) is 3.02. The molecule has 1 aromatic heterocycles. The summed E-state index contributed by atoms with van der Waals surface area (Å²) in [6.07, 6.45) is 13.2. The zero-order valence-corrected chi connectivity index (χ0v) is 13.4. The van der Waals surface area contributed by atoms with Crippen LogP contribution in [0.25, 0.3) is 10.8 Å². The summed E-state index contributed by atoms with van der Waals surface area (Å²) in [6, 6.07) is 9.09. The zero-order chi connectivity index (χ0) is 14.9. The van der Waals surface area contributed by atoms with Crippen LogP contribution in [0.3, 0.4) is 0 Å². The normalized spacial score (nSPS) is 12.7. The van der Waals surface area contributed by atoms with Crippen LogP contribution in [0.2, 0.25) is 0 Å². The molecule has 1 unspecified atom stereocenters. The molecule has 0 saturated heterocycles. The van der Waals surface area contributed by atoms with E-state index in [-0.39, 0.29) is 0 Å². The number of nitrogens with one attached hydrogen (secondary N) is 1. The lowest BCUT2D eigenvalue weighted by molar-refractivity contribution is 0.500. The van der Waals surface area contributed by atoms with Crippen LogP contribution < -0.4 is 5.32 Å². The highest BCUT2D eigenvalue weighted by Gasteiger charge is 2.11. The Balaban J connectivity index is 1.96. The maximum Gasteiger partial charge on any atom is 0.0349 e. The number of aromatic nitrogens is 1. The van der Waals surface area contributed by atoms with Gasteiger partial charge < -0.3 is 5.32 Å². The molecule has 2 rings (SSSR count). The second kappa shape index (κ2) is 8.78. The first kappa shape index (κ1) is 16.0. The smallest absolute Gasteiger partial charge is 0.0349 e. The van der Waals surface area contributed by atoms with Crippen LogP contribution in [0.15, 0.2) is 36.7 Å². The van der Waals surface area contributed by atoms with E-state index in [1.807, 2.05) is 12.4 Å². The summed E-state index contributed by atoms with van der Waals surface area (Å²) >= 11 is 0. The minimum atomic E-state index is 0.434. The summed E-state index contributed by atoms with van der Waals surface area (Å²) in [7, 11) is 2.07. The quantitative estimate of drug-likeness (QED) is 0.636. The molecule has 0 spiro atoms. The molecule has 0 amide bonds. The van der Waals surface area contributed by atoms with Crippen molar-refractivity contribution in [3.63, 3.8) is 0 Å². The van der Waals surface area contributed by atoms with Crippen molar-refractivity contribution in [1.82, 2.24) is 10.3 Å². The lowest BCUT2D eigenvalue weighted by Gasteiger charge is -2.18. The molecule has 2 aromatic rings. The molecule has 114 valence electrons. The summed E-state index contributed by atoms with van der Waals surface area (Å²) in [4.78, 5) is 4.29. The second-order valence-corrected chi connectivity index (χ2v) is 5.84. The summed E-state index contributed by atoms with van der Waals surface area (Å²) in [5.41, 5.74) is 1.39. The first-order valence-corrected chi connectivity index (χ1v) is 8.36. The van der Waals surface area contributed by atoms with Gasteiger partial charge in [-0.25, -0.2) is 0 Å². The van der Waals surface area contributed by atoms with Crippen molar-refractivity contribution >= 4 is 10.8 Å². The third kappa shape index (κ3) is 4.53. The van der Waals surface area contributed by atoms with Crippen molar-refractivity contribution in [2.45, 2.75) is 57.9 Å². The number of pyridine rings is 1. The van der Waals surface area contributed by atoms with Crippen LogP contribution in [0, 0.1) is 0 Å². The number of fused-ring (bicyclic) bond motifs is 1. The molecule has 0 aliphatic heterocycles. The topological polar surface area (TPSA) is 24.9 Å². The van der Waals surface area contributed by atoms with E-state index in [1.54, 1.807) is 0 Å². The van der Waals surface area contributed by atoms with Crippen molar-refractivity contribution in [1.29, 1.82) is 0 Å². The van der Waals surface area contributed by atoms with Gasteiger partial charge in [0.2, 0.25) is 0 Å². The Hall–Kier alpha value is -1.41. The third-order valence-corrected chi connectivity index (χ3v) is 4.29. The fourth-order valence-electron chi connectivity index (χ4n) is 3.02. The monoisotopic (exact) mass is 284 g/mol. The molecular formula is C19H28N2. The van der Waals surface area contributed by atoms with Gasteiger partial charge in [0.25, 0.3) is 0 Å². The maximum absolute atomic E-state index is 4.29. The molecular weight excluding hydrogens is 256 g/mol. The zero-order valence-electron chi connectivity index (χ0n) is 13.4. The molecule has 0 radical (unpaired) electrons. The maximum atomic E-state index is 4.29. The predicted octanol–water partition coefficient (Wildman–Crippen LogP) is 5.25. The Morgan fingerprint density at radius 2 is 1.86 bits per heavy atom. The molecule has 1 aromatic carbocycles. The van der Waals surface area contributed by atoms with Crippen molar-refractivity contribution in [2.24, 2.45) is 0 Å². The molecule has 1 atom stereocenters. The van der Waals surface area contributed by atoms with Crippen LogP contribution >= 0.6 is 0 Å². The van der Waals surface area contributed by atoms with E-state index >= 15 is 0 Å². The van der Waals surface area contributed by atoms with Gasteiger partial charge in [0.1, 0.15) is 0 Å². The van der Waals surface area contributed by atoms with Crippen LogP contribution in [-0.2, 0) is 0 Å². The SMILES string of the molecule is CCCCCCCCC(NC)c1cccc2ccncc12. The van der Waals surface area contributed by atoms with Crippen LogP contribution in [0.5, 0.6) is 0 Å². The standard InChI is InChI=1S/C19H28N2/c1-3-4-5-6-7-8-12-19(20-2)17-11-9-10-16-13-14-21-15-18(16)17/h9-11,13-15,19-20H,3-8,12H2,1-2H3. The van der Waals surface area contributed by atoms with E-state index in [2.05, 4.69) is 48.5 Å². The minimum absolute atomic E-state index is 0.434. The van der Waals surface area contributed by atoms with Gasteiger partial charge in [-0.2, -0.15) is 0 Å². The molecule has 2 nitrogen and oxygen atoms in total. The Kier molecular flexibility index (Phi) is 6.68. The molecule has 0 bridgehead atoms. The lowest BCUT2D eigenvalue weighted by Crippen LogP contribution is -2.16. The molecule has 0 aliphatic carbocycles. The molecule has 0 aliphatic rings. The highest BCUT2D eigenvalue weighted by atomic mass is 14.9. The summed E-state index contributed by atoms with van der Waals surface area (Å²) in [5.74, 6) is 0. The number of hydrogen-bond donors (Lipinski definition) is 1. The van der Waals surface area contributed by atoms with E-state index in [4.69, 9.17) is 0 Å². The van der Waals surface area contributed by atoms with Crippen molar-refractivity contribution in [3.8, 4) is 0 Å². The van der Waals surface area contributed by atoms with Crippen LogP contribution in [0.4, 0.5) is 0 Å². The minimum Gasteiger partial charge on any atom is -0.313 e. The van der Waals surface area contributed by atoms with Gasteiger partial charge in [0.15, 0.2) is 0 Å². The Morgan fingerprint density at radius 3 is 2.67 bits per heavy atom. The summed E-state index contributed by atoms with van der Waals surface area (Å²) in [5, 5.41) is 6.05. The average molecular weight is 284 g/mol. The number of unbranched alkanes of at least 4 members (excludes halogenated alkanes) is 5. The van der Waals surface area contributed by atoms with Gasteiger partial charge in [0.05, 0.1) is 0 Å². The van der Waals surface area contributed by atoms with Gasteiger partial charge in [0, 0.05) is 23.8 Å². The van der Waals surface area contributed by atoms with E-state index < -0.39 is 0 Å². The number of nitrogens with zero attached hydrogens (tertiary/aromatic N) is 1. The number of benzene rings is 1. The van der Waals surface area contributed by atoms with Gasteiger partial charge >= 0.3 is 0 Å². The second-order valence-electron chi connectivity index (χ2n) is 5.84. The van der Waals surface area contributed by atoms with Crippen LogP contribution in [-0.4, -0.2) is 12.0 Å². The van der Waals surface area contributed by atoms with Gasteiger partial charge in [-0.05, 0) is 30.5 Å². The highest BCUT2D eigenvalue weighted by molar-refractivity contribution is 5.85. The number of rotatable bonds is 9. The molecule has 1 heterocycles. The molecule has 2 heteroatoms. The molecule has 0 fully saturated rings. The van der Waals surface area contributed by atoms with Crippen molar-refractivity contribution < 1.29 is 0 Å². The third-order valence-electron chi connectivity index (χ3n) is 4.29. The predicted molar refractivity (Wildman–Crippen MR) is 91.5 cm³/mol. The van der Waals surface area contributed by atoms with Gasteiger partial charge in [-0.15, -0.1) is 0 Å². The fraction of sp³-hybridized carbons (Fsp3) is 0.526. The van der Waals surface area contributed by atoms with Gasteiger partial charge in [-0.1, -0.05) is 63.6 Å². The lowest BCUT2D eigenvalue weighted by atomic mass is 9.96. The summed E-state index contributed by atoms with van der Waals surface area (Å²) in [6.45, 7) is 2.27. The molecule has 21 heavy (non-hydrogen) atoms. The first-order valence-electron chi connectivity index (χ1n) is 8.36. The van der Waals surface area contributed by atoms with E-state index in [1.165, 1.54) is 61.3 Å². The Bertz CT molecular complexity index is 531. The first-order chi connectivity index (χ1) is 10.4. The summed E-state index contributed by atoms with van der Waals surface area (Å²) < 4.78 is 0.